The largest absolute Gasteiger partial charge is 0.354 e. The van der Waals surface area contributed by atoms with E-state index in [9.17, 15) is 9.18 Å². The molecular formula is C19H16FN3O. The van der Waals surface area contributed by atoms with E-state index in [-0.39, 0.29) is 5.56 Å². The number of carbonyl (C=O) groups is 1. The highest BCUT2D eigenvalue weighted by molar-refractivity contribution is 6.03. The smallest absolute Gasteiger partial charge is 0.259 e. The van der Waals surface area contributed by atoms with E-state index in [0.717, 1.165) is 16.9 Å². The molecule has 24 heavy (non-hydrogen) atoms. The molecule has 0 aliphatic carbocycles. The van der Waals surface area contributed by atoms with E-state index >= 15 is 0 Å². The Morgan fingerprint density at radius 2 is 1.75 bits per heavy atom. The first-order valence-corrected chi connectivity index (χ1v) is 7.48. The van der Waals surface area contributed by atoms with Crippen LogP contribution < -0.4 is 10.6 Å². The third-order valence-corrected chi connectivity index (χ3v) is 3.55. The molecule has 0 atom stereocenters. The Bertz CT molecular complexity index is 862. The van der Waals surface area contributed by atoms with Gasteiger partial charge in [0.25, 0.3) is 5.91 Å². The van der Waals surface area contributed by atoms with Crippen molar-refractivity contribution < 1.29 is 9.18 Å². The number of aryl methyl sites for hydroxylation is 1. The van der Waals surface area contributed by atoms with Crippen molar-refractivity contribution in [3.05, 3.63) is 83.8 Å². The van der Waals surface area contributed by atoms with Crippen LogP contribution >= 0.6 is 0 Å². The highest BCUT2D eigenvalue weighted by Gasteiger charge is 2.11. The lowest BCUT2D eigenvalue weighted by Crippen LogP contribution is -2.14. The van der Waals surface area contributed by atoms with Crippen LogP contribution in [0.1, 0.15) is 15.9 Å². The van der Waals surface area contributed by atoms with Crippen LogP contribution in [0, 0.1) is 12.7 Å². The van der Waals surface area contributed by atoms with Gasteiger partial charge in [0.2, 0.25) is 0 Å². The van der Waals surface area contributed by atoms with Crippen molar-refractivity contribution in [3.63, 3.8) is 0 Å². The lowest BCUT2D eigenvalue weighted by Gasteiger charge is -2.10. The minimum absolute atomic E-state index is 0.0126. The van der Waals surface area contributed by atoms with Crippen molar-refractivity contribution in [2.75, 3.05) is 10.6 Å². The van der Waals surface area contributed by atoms with Gasteiger partial charge in [-0.1, -0.05) is 30.3 Å². The fourth-order valence-corrected chi connectivity index (χ4v) is 2.24. The predicted molar refractivity (Wildman–Crippen MR) is 93.1 cm³/mol. The quantitative estimate of drug-likeness (QED) is 0.742. The average Bonchev–Trinajstić information content (AvgIpc) is 2.59. The van der Waals surface area contributed by atoms with Crippen LogP contribution in [-0.4, -0.2) is 10.9 Å². The summed E-state index contributed by atoms with van der Waals surface area (Å²) >= 11 is 0. The summed E-state index contributed by atoms with van der Waals surface area (Å²) in [5, 5.41) is 5.84. The lowest BCUT2D eigenvalue weighted by atomic mass is 10.2. The summed E-state index contributed by atoms with van der Waals surface area (Å²) in [4.78, 5) is 16.2. The van der Waals surface area contributed by atoms with Gasteiger partial charge in [-0.15, -0.1) is 0 Å². The van der Waals surface area contributed by atoms with Crippen LogP contribution in [0.4, 0.5) is 21.6 Å². The van der Waals surface area contributed by atoms with E-state index in [1.807, 2.05) is 31.2 Å². The maximum Gasteiger partial charge on any atom is 0.259 e. The van der Waals surface area contributed by atoms with E-state index in [2.05, 4.69) is 15.6 Å². The molecule has 0 bridgehead atoms. The summed E-state index contributed by atoms with van der Waals surface area (Å²) < 4.78 is 13.6. The number of pyridine rings is 1. The summed E-state index contributed by atoms with van der Waals surface area (Å²) in [7, 11) is 0. The van der Waals surface area contributed by atoms with Crippen LogP contribution in [0.2, 0.25) is 0 Å². The second-order valence-corrected chi connectivity index (χ2v) is 5.31. The number of rotatable bonds is 4. The minimum Gasteiger partial charge on any atom is -0.354 e. The van der Waals surface area contributed by atoms with Gasteiger partial charge in [0.1, 0.15) is 11.6 Å². The summed E-state index contributed by atoms with van der Waals surface area (Å²) in [5.41, 5.74) is 2.89. The van der Waals surface area contributed by atoms with Crippen molar-refractivity contribution >= 4 is 23.1 Å². The molecule has 3 aromatic rings. The van der Waals surface area contributed by atoms with Gasteiger partial charge in [-0.2, -0.15) is 0 Å². The third kappa shape index (κ3) is 3.57. The zero-order valence-corrected chi connectivity index (χ0v) is 13.1. The summed E-state index contributed by atoms with van der Waals surface area (Å²) in [5.74, 6) is -0.730. The number of carbonyl (C=O) groups excluding carboxylic acids is 1. The highest BCUT2D eigenvalue weighted by atomic mass is 19.1. The zero-order valence-electron chi connectivity index (χ0n) is 13.1. The Hall–Kier alpha value is -3.21. The molecule has 120 valence electrons. The molecule has 0 saturated heterocycles. The SMILES string of the molecule is Cc1ccccc1Nc1ccc(NC(=O)c2ccccc2F)nc1. The number of nitrogens with zero attached hydrogens (tertiary/aromatic N) is 1. The number of amides is 1. The fraction of sp³-hybridized carbons (Fsp3) is 0.0526. The van der Waals surface area contributed by atoms with Gasteiger partial charge in [0.05, 0.1) is 17.4 Å². The second-order valence-electron chi connectivity index (χ2n) is 5.31. The van der Waals surface area contributed by atoms with Crippen LogP contribution in [0.15, 0.2) is 66.9 Å². The van der Waals surface area contributed by atoms with Gasteiger partial charge in [-0.25, -0.2) is 9.37 Å². The van der Waals surface area contributed by atoms with Gasteiger partial charge < -0.3 is 10.6 Å². The molecule has 0 aliphatic rings. The molecule has 0 radical (unpaired) electrons. The van der Waals surface area contributed by atoms with Crippen molar-refractivity contribution in [2.24, 2.45) is 0 Å². The van der Waals surface area contributed by atoms with Crippen molar-refractivity contribution in [2.45, 2.75) is 6.92 Å². The zero-order chi connectivity index (χ0) is 16.9. The number of anilines is 3. The molecule has 1 aromatic heterocycles. The van der Waals surface area contributed by atoms with E-state index < -0.39 is 11.7 Å². The molecule has 3 rings (SSSR count). The number of aromatic nitrogens is 1. The van der Waals surface area contributed by atoms with Crippen LogP contribution in [-0.2, 0) is 0 Å². The molecule has 2 N–H and O–H groups in total. The van der Waals surface area contributed by atoms with Gasteiger partial charge in [0.15, 0.2) is 0 Å². The molecule has 0 saturated carbocycles. The Balaban J connectivity index is 1.70. The summed E-state index contributed by atoms with van der Waals surface area (Å²) in [6, 6.07) is 17.2. The molecule has 0 aliphatic heterocycles. The molecule has 0 spiro atoms. The Labute approximate surface area is 139 Å². The topological polar surface area (TPSA) is 54.0 Å². The standard InChI is InChI=1S/C19H16FN3O/c1-13-6-2-5-9-17(13)22-14-10-11-18(21-12-14)23-19(24)15-7-3-4-8-16(15)20/h2-12,22H,1H3,(H,21,23,24). The maximum absolute atomic E-state index is 13.6. The molecule has 1 heterocycles. The number of nitrogens with one attached hydrogen (secondary N) is 2. The molecule has 5 heteroatoms. The monoisotopic (exact) mass is 321 g/mol. The van der Waals surface area contributed by atoms with Crippen molar-refractivity contribution in [3.8, 4) is 0 Å². The van der Waals surface area contributed by atoms with E-state index in [1.54, 1.807) is 24.4 Å². The number of benzene rings is 2. The highest BCUT2D eigenvalue weighted by Crippen LogP contribution is 2.20. The Kier molecular flexibility index (Phi) is 4.52. The van der Waals surface area contributed by atoms with Crippen LogP contribution in [0.25, 0.3) is 0 Å². The summed E-state index contributed by atoms with van der Waals surface area (Å²) in [6.07, 6.45) is 1.61. The fourth-order valence-electron chi connectivity index (χ4n) is 2.24. The van der Waals surface area contributed by atoms with Gasteiger partial charge >= 0.3 is 0 Å². The normalized spacial score (nSPS) is 10.2. The van der Waals surface area contributed by atoms with Crippen molar-refractivity contribution in [1.82, 2.24) is 4.98 Å². The number of hydrogen-bond acceptors (Lipinski definition) is 3. The third-order valence-electron chi connectivity index (χ3n) is 3.55. The number of hydrogen-bond donors (Lipinski definition) is 2. The Morgan fingerprint density at radius 3 is 2.46 bits per heavy atom. The van der Waals surface area contributed by atoms with Crippen LogP contribution in [0.3, 0.4) is 0 Å². The number of para-hydroxylation sites is 1. The Morgan fingerprint density at radius 1 is 1.00 bits per heavy atom. The molecule has 1 amide bonds. The van der Waals surface area contributed by atoms with E-state index in [1.165, 1.54) is 18.2 Å². The van der Waals surface area contributed by atoms with E-state index in [0.29, 0.717) is 5.82 Å². The first kappa shape index (κ1) is 15.7. The molecule has 2 aromatic carbocycles. The molecule has 0 fully saturated rings. The second kappa shape index (κ2) is 6.91. The molecule has 4 nitrogen and oxygen atoms in total. The first-order valence-electron chi connectivity index (χ1n) is 7.48. The van der Waals surface area contributed by atoms with Gasteiger partial charge in [-0.3, -0.25) is 4.79 Å². The number of halogens is 1. The average molecular weight is 321 g/mol. The van der Waals surface area contributed by atoms with E-state index in [4.69, 9.17) is 0 Å². The predicted octanol–water partition coefficient (Wildman–Crippen LogP) is 4.53. The molecular weight excluding hydrogens is 305 g/mol. The maximum atomic E-state index is 13.6. The van der Waals surface area contributed by atoms with Crippen molar-refractivity contribution in [1.29, 1.82) is 0 Å². The molecule has 0 unspecified atom stereocenters. The minimum atomic E-state index is -0.562. The lowest BCUT2D eigenvalue weighted by molar-refractivity contribution is 0.102. The van der Waals surface area contributed by atoms with Crippen LogP contribution in [0.5, 0.6) is 0 Å². The summed E-state index contributed by atoms with van der Waals surface area (Å²) in [6.45, 7) is 2.01. The van der Waals surface area contributed by atoms with Gasteiger partial charge in [-0.05, 0) is 42.8 Å². The van der Waals surface area contributed by atoms with Gasteiger partial charge in [0, 0.05) is 5.69 Å². The first-order chi connectivity index (χ1) is 11.6.